The summed E-state index contributed by atoms with van der Waals surface area (Å²) in [7, 11) is 0. The van der Waals surface area contributed by atoms with Crippen molar-refractivity contribution in [2.75, 3.05) is 6.54 Å². The van der Waals surface area contributed by atoms with Gasteiger partial charge in [-0.05, 0) is 49.4 Å². The highest BCUT2D eigenvalue weighted by Gasteiger charge is 2.26. The Bertz CT molecular complexity index is 394. The molecule has 3 atom stereocenters. The van der Waals surface area contributed by atoms with Gasteiger partial charge in [0.05, 0.1) is 0 Å². The fourth-order valence-electron chi connectivity index (χ4n) is 3.14. The van der Waals surface area contributed by atoms with Crippen molar-refractivity contribution in [2.45, 2.75) is 51.1 Å². The standard InChI is InChI=1S/C16H25ClN2/c1-2-15(12-7-5-8-14(17)10-12)19-16-9-4-3-6-13(16)11-18/h5,7-8,10,13,15-16,19H,2-4,6,9,11,18H2,1H3. The second-order valence-electron chi connectivity index (χ2n) is 5.57. The predicted octanol–water partition coefficient (Wildman–Crippen LogP) is 3.90. The number of nitrogens with two attached hydrogens (primary N) is 1. The quantitative estimate of drug-likeness (QED) is 0.858. The Morgan fingerprint density at radius 3 is 2.84 bits per heavy atom. The predicted molar refractivity (Wildman–Crippen MR) is 82.4 cm³/mol. The van der Waals surface area contributed by atoms with Gasteiger partial charge in [-0.1, -0.05) is 43.5 Å². The zero-order valence-electron chi connectivity index (χ0n) is 11.7. The van der Waals surface area contributed by atoms with Crippen molar-refractivity contribution in [3.63, 3.8) is 0 Å². The molecule has 1 fully saturated rings. The molecule has 0 aliphatic heterocycles. The van der Waals surface area contributed by atoms with Crippen LogP contribution >= 0.6 is 11.6 Å². The van der Waals surface area contributed by atoms with Gasteiger partial charge in [-0.25, -0.2) is 0 Å². The van der Waals surface area contributed by atoms with Crippen LogP contribution in [-0.2, 0) is 0 Å². The van der Waals surface area contributed by atoms with Crippen molar-refractivity contribution in [1.82, 2.24) is 5.32 Å². The maximum Gasteiger partial charge on any atom is 0.0409 e. The summed E-state index contributed by atoms with van der Waals surface area (Å²) in [5.41, 5.74) is 7.20. The lowest BCUT2D eigenvalue weighted by atomic mass is 9.83. The Kier molecular flexibility index (Phi) is 5.68. The Morgan fingerprint density at radius 2 is 2.16 bits per heavy atom. The lowest BCUT2D eigenvalue weighted by Gasteiger charge is -2.34. The van der Waals surface area contributed by atoms with Crippen LogP contribution in [0.15, 0.2) is 24.3 Å². The van der Waals surface area contributed by atoms with Crippen molar-refractivity contribution in [3.8, 4) is 0 Å². The Labute approximate surface area is 121 Å². The molecule has 0 bridgehead atoms. The third-order valence-electron chi connectivity index (χ3n) is 4.29. The molecule has 0 aromatic heterocycles. The van der Waals surface area contributed by atoms with Crippen LogP contribution in [0, 0.1) is 5.92 Å². The molecule has 3 unspecified atom stereocenters. The van der Waals surface area contributed by atoms with Gasteiger partial charge >= 0.3 is 0 Å². The molecule has 1 aliphatic rings. The molecule has 1 aliphatic carbocycles. The third-order valence-corrected chi connectivity index (χ3v) is 4.52. The molecule has 0 radical (unpaired) electrons. The summed E-state index contributed by atoms with van der Waals surface area (Å²) in [5.74, 6) is 0.627. The van der Waals surface area contributed by atoms with Crippen molar-refractivity contribution >= 4 is 11.6 Å². The average molecular weight is 281 g/mol. The minimum Gasteiger partial charge on any atom is -0.330 e. The van der Waals surface area contributed by atoms with Crippen molar-refractivity contribution in [3.05, 3.63) is 34.9 Å². The molecule has 2 nitrogen and oxygen atoms in total. The maximum absolute atomic E-state index is 6.10. The average Bonchev–Trinajstić information content (AvgIpc) is 2.45. The zero-order valence-corrected chi connectivity index (χ0v) is 12.5. The minimum atomic E-state index is 0.385. The first kappa shape index (κ1) is 14.8. The van der Waals surface area contributed by atoms with Gasteiger partial charge in [-0.3, -0.25) is 0 Å². The minimum absolute atomic E-state index is 0.385. The van der Waals surface area contributed by atoms with E-state index in [1.165, 1.54) is 31.2 Å². The summed E-state index contributed by atoms with van der Waals surface area (Å²) in [6.07, 6.45) is 6.24. The number of halogens is 1. The summed E-state index contributed by atoms with van der Waals surface area (Å²) < 4.78 is 0. The van der Waals surface area contributed by atoms with Gasteiger partial charge in [-0.2, -0.15) is 0 Å². The smallest absolute Gasteiger partial charge is 0.0409 e. The van der Waals surface area contributed by atoms with E-state index < -0.39 is 0 Å². The molecular formula is C16H25ClN2. The van der Waals surface area contributed by atoms with Crippen LogP contribution in [0.2, 0.25) is 5.02 Å². The van der Waals surface area contributed by atoms with Crippen molar-refractivity contribution in [2.24, 2.45) is 11.7 Å². The fourth-order valence-corrected chi connectivity index (χ4v) is 3.34. The molecule has 106 valence electrons. The Morgan fingerprint density at radius 1 is 1.37 bits per heavy atom. The SMILES string of the molecule is CCC(NC1CCCCC1CN)c1cccc(Cl)c1. The summed E-state index contributed by atoms with van der Waals surface area (Å²) in [5, 5.41) is 4.63. The van der Waals surface area contributed by atoms with Gasteiger partial charge in [0.15, 0.2) is 0 Å². The van der Waals surface area contributed by atoms with Gasteiger partial charge in [0.1, 0.15) is 0 Å². The van der Waals surface area contributed by atoms with Gasteiger partial charge < -0.3 is 11.1 Å². The molecule has 3 N–H and O–H groups in total. The van der Waals surface area contributed by atoms with E-state index in [0.29, 0.717) is 18.0 Å². The van der Waals surface area contributed by atoms with Crippen LogP contribution in [0.3, 0.4) is 0 Å². The van der Waals surface area contributed by atoms with Crippen LogP contribution in [0.25, 0.3) is 0 Å². The lowest BCUT2D eigenvalue weighted by molar-refractivity contribution is 0.245. The van der Waals surface area contributed by atoms with Crippen molar-refractivity contribution < 1.29 is 0 Å². The molecule has 0 amide bonds. The highest BCUT2D eigenvalue weighted by molar-refractivity contribution is 6.30. The summed E-state index contributed by atoms with van der Waals surface area (Å²) in [4.78, 5) is 0. The first-order chi connectivity index (χ1) is 9.24. The maximum atomic E-state index is 6.10. The topological polar surface area (TPSA) is 38.0 Å². The second-order valence-corrected chi connectivity index (χ2v) is 6.01. The number of rotatable bonds is 5. The number of benzene rings is 1. The molecule has 1 aromatic carbocycles. The second kappa shape index (κ2) is 7.28. The highest BCUT2D eigenvalue weighted by Crippen LogP contribution is 2.28. The number of hydrogen-bond acceptors (Lipinski definition) is 2. The molecule has 0 spiro atoms. The van der Waals surface area contributed by atoms with E-state index >= 15 is 0 Å². The number of nitrogens with one attached hydrogen (secondary N) is 1. The Balaban J connectivity index is 2.05. The summed E-state index contributed by atoms with van der Waals surface area (Å²) >= 11 is 6.10. The Hall–Kier alpha value is -0.570. The number of hydrogen-bond donors (Lipinski definition) is 2. The van der Waals surface area contributed by atoms with Gasteiger partial charge in [0.2, 0.25) is 0 Å². The van der Waals surface area contributed by atoms with E-state index in [4.69, 9.17) is 17.3 Å². The lowest BCUT2D eigenvalue weighted by Crippen LogP contribution is -2.43. The highest BCUT2D eigenvalue weighted by atomic mass is 35.5. The van der Waals surface area contributed by atoms with Crippen LogP contribution in [-0.4, -0.2) is 12.6 Å². The van der Waals surface area contributed by atoms with E-state index in [1.54, 1.807) is 0 Å². The molecule has 2 rings (SSSR count). The van der Waals surface area contributed by atoms with E-state index in [1.807, 2.05) is 12.1 Å². The van der Waals surface area contributed by atoms with Crippen LogP contribution < -0.4 is 11.1 Å². The van der Waals surface area contributed by atoms with E-state index in [-0.39, 0.29) is 0 Å². The van der Waals surface area contributed by atoms with Crippen LogP contribution in [0.5, 0.6) is 0 Å². The summed E-state index contributed by atoms with van der Waals surface area (Å²) in [6, 6.07) is 9.14. The van der Waals surface area contributed by atoms with E-state index in [9.17, 15) is 0 Å². The summed E-state index contributed by atoms with van der Waals surface area (Å²) in [6.45, 7) is 3.02. The molecule has 1 aromatic rings. The molecular weight excluding hydrogens is 256 g/mol. The van der Waals surface area contributed by atoms with Gasteiger partial charge in [-0.15, -0.1) is 0 Å². The molecule has 0 heterocycles. The normalized spacial score (nSPS) is 25.2. The molecule has 19 heavy (non-hydrogen) atoms. The van der Waals surface area contributed by atoms with Crippen LogP contribution in [0.1, 0.15) is 50.6 Å². The van der Waals surface area contributed by atoms with E-state index in [2.05, 4.69) is 24.4 Å². The molecule has 3 heteroatoms. The first-order valence-corrected chi connectivity index (χ1v) is 7.84. The van der Waals surface area contributed by atoms with E-state index in [0.717, 1.165) is 18.0 Å². The fraction of sp³-hybridized carbons (Fsp3) is 0.625. The van der Waals surface area contributed by atoms with Gasteiger partial charge in [0, 0.05) is 17.1 Å². The molecule has 1 saturated carbocycles. The van der Waals surface area contributed by atoms with Crippen molar-refractivity contribution in [1.29, 1.82) is 0 Å². The monoisotopic (exact) mass is 280 g/mol. The van der Waals surface area contributed by atoms with Gasteiger partial charge in [0.25, 0.3) is 0 Å². The largest absolute Gasteiger partial charge is 0.330 e. The third kappa shape index (κ3) is 3.95. The van der Waals surface area contributed by atoms with Crippen LogP contribution in [0.4, 0.5) is 0 Å². The first-order valence-electron chi connectivity index (χ1n) is 7.46. The zero-order chi connectivity index (χ0) is 13.7. The molecule has 0 saturated heterocycles.